The molecule has 1 amide bonds. The number of benzene rings is 2. The van der Waals surface area contributed by atoms with Crippen molar-refractivity contribution in [2.45, 2.75) is 6.10 Å². The van der Waals surface area contributed by atoms with Gasteiger partial charge in [-0.25, -0.2) is 0 Å². The van der Waals surface area contributed by atoms with Gasteiger partial charge in [0.2, 0.25) is 0 Å². The first kappa shape index (κ1) is 14.6. The number of aliphatic hydroxyl groups excluding tert-OH is 1. The lowest BCUT2D eigenvalue weighted by molar-refractivity contribution is -0.124. The third-order valence-electron chi connectivity index (χ3n) is 2.95. The van der Waals surface area contributed by atoms with E-state index in [2.05, 4.69) is 11.2 Å². The minimum Gasteiger partial charge on any atom is -0.497 e. The molecule has 21 heavy (non-hydrogen) atoms. The zero-order valence-corrected chi connectivity index (χ0v) is 11.5. The van der Waals surface area contributed by atoms with Crippen LogP contribution in [0.15, 0.2) is 48.5 Å². The Morgan fingerprint density at radius 3 is 2.76 bits per heavy atom. The fourth-order valence-electron chi connectivity index (χ4n) is 1.86. The van der Waals surface area contributed by atoms with Crippen LogP contribution in [0, 0.1) is 12.3 Å². The van der Waals surface area contributed by atoms with E-state index < -0.39 is 12.0 Å². The molecule has 2 aromatic rings. The summed E-state index contributed by atoms with van der Waals surface area (Å²) in [6.07, 6.45) is 4.02. The van der Waals surface area contributed by atoms with Gasteiger partial charge in [-0.3, -0.25) is 4.79 Å². The van der Waals surface area contributed by atoms with Gasteiger partial charge in [-0.05, 0) is 35.9 Å². The molecule has 2 N–H and O–H groups in total. The van der Waals surface area contributed by atoms with Crippen LogP contribution in [0.4, 0.5) is 5.69 Å². The van der Waals surface area contributed by atoms with Crippen molar-refractivity contribution in [3.63, 3.8) is 0 Å². The molecule has 0 saturated carbocycles. The largest absolute Gasteiger partial charge is 0.497 e. The molecule has 0 aliphatic carbocycles. The molecule has 2 aromatic carbocycles. The maximum absolute atomic E-state index is 12.1. The monoisotopic (exact) mass is 281 g/mol. The van der Waals surface area contributed by atoms with Crippen molar-refractivity contribution in [2.24, 2.45) is 0 Å². The number of amides is 1. The van der Waals surface area contributed by atoms with Gasteiger partial charge < -0.3 is 15.2 Å². The SMILES string of the molecule is C#Cc1cccc(NC(=O)C(O)c2cccc(OC)c2)c1. The molecule has 0 aromatic heterocycles. The van der Waals surface area contributed by atoms with Gasteiger partial charge in [-0.15, -0.1) is 6.42 Å². The molecular weight excluding hydrogens is 266 g/mol. The van der Waals surface area contributed by atoms with Gasteiger partial charge in [0.1, 0.15) is 5.75 Å². The van der Waals surface area contributed by atoms with Crippen molar-refractivity contribution in [2.75, 3.05) is 12.4 Å². The highest BCUT2D eigenvalue weighted by molar-refractivity contribution is 5.94. The summed E-state index contributed by atoms with van der Waals surface area (Å²) in [6, 6.07) is 13.6. The Labute approximate surface area is 123 Å². The fourth-order valence-corrected chi connectivity index (χ4v) is 1.86. The highest BCUT2D eigenvalue weighted by Gasteiger charge is 2.18. The number of terminal acetylenes is 1. The molecule has 2 rings (SSSR count). The first-order valence-electron chi connectivity index (χ1n) is 6.33. The molecule has 4 heteroatoms. The van der Waals surface area contributed by atoms with Crippen LogP contribution < -0.4 is 10.1 Å². The Morgan fingerprint density at radius 2 is 2.05 bits per heavy atom. The highest BCUT2D eigenvalue weighted by Crippen LogP contribution is 2.20. The molecule has 1 unspecified atom stereocenters. The zero-order valence-electron chi connectivity index (χ0n) is 11.5. The highest BCUT2D eigenvalue weighted by atomic mass is 16.5. The smallest absolute Gasteiger partial charge is 0.257 e. The van der Waals surface area contributed by atoms with Crippen LogP contribution in [-0.4, -0.2) is 18.1 Å². The van der Waals surface area contributed by atoms with Crippen molar-refractivity contribution in [1.29, 1.82) is 0 Å². The molecular formula is C17H15NO3. The predicted octanol–water partition coefficient (Wildman–Crippen LogP) is 2.35. The zero-order chi connectivity index (χ0) is 15.2. The molecule has 0 spiro atoms. The first-order chi connectivity index (χ1) is 10.1. The van der Waals surface area contributed by atoms with Gasteiger partial charge in [0.05, 0.1) is 7.11 Å². The van der Waals surface area contributed by atoms with E-state index >= 15 is 0 Å². The number of hydrogen-bond acceptors (Lipinski definition) is 3. The number of anilines is 1. The number of hydrogen-bond donors (Lipinski definition) is 2. The Hall–Kier alpha value is -2.77. The minimum atomic E-state index is -1.28. The third-order valence-corrected chi connectivity index (χ3v) is 2.95. The summed E-state index contributed by atoms with van der Waals surface area (Å²) in [4.78, 5) is 12.1. The van der Waals surface area contributed by atoms with Crippen LogP contribution in [0.25, 0.3) is 0 Å². The Bertz CT molecular complexity index is 688. The van der Waals surface area contributed by atoms with E-state index in [0.717, 1.165) is 0 Å². The van der Waals surface area contributed by atoms with Crippen LogP contribution in [-0.2, 0) is 4.79 Å². The number of carbonyl (C=O) groups excluding carboxylic acids is 1. The average Bonchev–Trinajstić information content (AvgIpc) is 2.54. The lowest BCUT2D eigenvalue weighted by atomic mass is 10.1. The molecule has 1 atom stereocenters. The second-order valence-corrected chi connectivity index (χ2v) is 4.39. The predicted molar refractivity (Wildman–Crippen MR) is 81.0 cm³/mol. The first-order valence-corrected chi connectivity index (χ1v) is 6.33. The summed E-state index contributed by atoms with van der Waals surface area (Å²) in [5.74, 6) is 2.53. The lowest BCUT2D eigenvalue weighted by Gasteiger charge is -2.12. The summed E-state index contributed by atoms with van der Waals surface area (Å²) in [5.41, 5.74) is 1.65. The van der Waals surface area contributed by atoms with Gasteiger partial charge in [0.15, 0.2) is 6.10 Å². The topological polar surface area (TPSA) is 58.6 Å². The molecule has 0 aliphatic heterocycles. The second kappa shape index (κ2) is 6.60. The van der Waals surface area contributed by atoms with Crippen LogP contribution in [0.3, 0.4) is 0 Å². The number of nitrogens with one attached hydrogen (secondary N) is 1. The fraction of sp³-hybridized carbons (Fsp3) is 0.118. The average molecular weight is 281 g/mol. The Kier molecular flexibility index (Phi) is 4.60. The van der Waals surface area contributed by atoms with E-state index in [9.17, 15) is 9.90 Å². The van der Waals surface area contributed by atoms with Crippen molar-refractivity contribution >= 4 is 11.6 Å². The maximum atomic E-state index is 12.1. The molecule has 0 fully saturated rings. The van der Waals surface area contributed by atoms with Gasteiger partial charge >= 0.3 is 0 Å². The molecule has 106 valence electrons. The molecule has 0 heterocycles. The summed E-state index contributed by atoms with van der Waals surface area (Å²) in [5, 5.41) is 12.7. The number of methoxy groups -OCH3 is 1. The van der Waals surface area contributed by atoms with Gasteiger partial charge in [0.25, 0.3) is 5.91 Å². The number of carbonyl (C=O) groups is 1. The summed E-state index contributed by atoms with van der Waals surface area (Å²) >= 11 is 0. The van der Waals surface area contributed by atoms with E-state index in [1.165, 1.54) is 7.11 Å². The number of rotatable bonds is 4. The number of aliphatic hydroxyl groups is 1. The van der Waals surface area contributed by atoms with Gasteiger partial charge in [0, 0.05) is 11.3 Å². The van der Waals surface area contributed by atoms with E-state index in [0.29, 0.717) is 22.6 Å². The van der Waals surface area contributed by atoms with Crippen molar-refractivity contribution in [3.8, 4) is 18.1 Å². The van der Waals surface area contributed by atoms with Crippen molar-refractivity contribution in [1.82, 2.24) is 0 Å². The molecule has 4 nitrogen and oxygen atoms in total. The number of ether oxygens (including phenoxy) is 1. The summed E-state index contributed by atoms with van der Waals surface area (Å²) in [7, 11) is 1.52. The Balaban J connectivity index is 2.13. The van der Waals surface area contributed by atoms with Crippen molar-refractivity contribution < 1.29 is 14.6 Å². The van der Waals surface area contributed by atoms with Crippen LogP contribution in [0.1, 0.15) is 17.2 Å². The minimum absolute atomic E-state index is 0.458. The van der Waals surface area contributed by atoms with E-state index in [-0.39, 0.29) is 0 Å². The molecule has 0 bridgehead atoms. The van der Waals surface area contributed by atoms with Crippen LogP contribution >= 0.6 is 0 Å². The third kappa shape index (κ3) is 3.62. The van der Waals surface area contributed by atoms with Crippen LogP contribution in [0.5, 0.6) is 5.75 Å². The normalized spacial score (nSPS) is 11.3. The van der Waals surface area contributed by atoms with Gasteiger partial charge in [-0.1, -0.05) is 24.1 Å². The standard InChI is InChI=1S/C17H15NO3/c1-3-12-6-4-8-14(10-12)18-17(20)16(19)13-7-5-9-15(11-13)21-2/h1,4-11,16,19H,2H3,(H,18,20). The van der Waals surface area contributed by atoms with Crippen molar-refractivity contribution in [3.05, 3.63) is 59.7 Å². The Morgan fingerprint density at radius 1 is 1.29 bits per heavy atom. The van der Waals surface area contributed by atoms with Crippen LogP contribution in [0.2, 0.25) is 0 Å². The molecule has 0 saturated heterocycles. The lowest BCUT2D eigenvalue weighted by Crippen LogP contribution is -2.20. The molecule has 0 radical (unpaired) electrons. The summed E-state index contributed by atoms with van der Waals surface area (Å²) < 4.78 is 5.07. The molecule has 0 aliphatic rings. The van der Waals surface area contributed by atoms with E-state index in [1.54, 1.807) is 48.5 Å². The second-order valence-electron chi connectivity index (χ2n) is 4.39. The van der Waals surface area contributed by atoms with E-state index in [4.69, 9.17) is 11.2 Å². The quantitative estimate of drug-likeness (QED) is 0.846. The maximum Gasteiger partial charge on any atom is 0.257 e. The van der Waals surface area contributed by atoms with E-state index in [1.807, 2.05) is 0 Å². The summed E-state index contributed by atoms with van der Waals surface area (Å²) in [6.45, 7) is 0. The van der Waals surface area contributed by atoms with Gasteiger partial charge in [-0.2, -0.15) is 0 Å².